The molecule has 8 heteroatoms. The average molecular weight is 411 g/mol. The van der Waals surface area contributed by atoms with Crippen molar-refractivity contribution < 1.29 is 4.39 Å². The molecular formula is C23H18FN7. The molecule has 0 amide bonds. The third-order valence-corrected chi connectivity index (χ3v) is 4.87. The van der Waals surface area contributed by atoms with E-state index in [0.29, 0.717) is 40.6 Å². The molecule has 2 aromatic carbocycles. The molecule has 0 fully saturated rings. The molecule has 31 heavy (non-hydrogen) atoms. The number of para-hydroxylation sites is 1. The van der Waals surface area contributed by atoms with E-state index in [1.165, 1.54) is 6.07 Å². The van der Waals surface area contributed by atoms with Gasteiger partial charge in [-0.05, 0) is 35.9 Å². The zero-order valence-corrected chi connectivity index (χ0v) is 16.4. The fourth-order valence-corrected chi connectivity index (χ4v) is 3.39. The van der Waals surface area contributed by atoms with Crippen LogP contribution in [0, 0.1) is 5.82 Å². The van der Waals surface area contributed by atoms with Gasteiger partial charge in [0.2, 0.25) is 5.95 Å². The Kier molecular flexibility index (Phi) is 4.72. The molecule has 0 atom stereocenters. The number of halogens is 1. The summed E-state index contributed by atoms with van der Waals surface area (Å²) >= 11 is 0. The van der Waals surface area contributed by atoms with Gasteiger partial charge in [-0.3, -0.25) is 4.98 Å². The number of nitrogens with two attached hydrogens (primary N) is 1. The lowest BCUT2D eigenvalue weighted by Gasteiger charge is -2.09. The molecule has 0 bridgehead atoms. The van der Waals surface area contributed by atoms with Crippen molar-refractivity contribution in [2.24, 2.45) is 0 Å². The van der Waals surface area contributed by atoms with Gasteiger partial charge in [0.25, 0.3) is 0 Å². The van der Waals surface area contributed by atoms with Crippen LogP contribution in [0.25, 0.3) is 28.0 Å². The molecule has 0 spiro atoms. The van der Waals surface area contributed by atoms with E-state index in [9.17, 15) is 4.39 Å². The van der Waals surface area contributed by atoms with Crippen LogP contribution in [-0.4, -0.2) is 24.7 Å². The second kappa shape index (κ2) is 7.83. The molecule has 0 unspecified atom stereocenters. The Morgan fingerprint density at radius 3 is 2.52 bits per heavy atom. The van der Waals surface area contributed by atoms with Crippen LogP contribution < -0.4 is 11.1 Å². The zero-order chi connectivity index (χ0) is 21.2. The van der Waals surface area contributed by atoms with E-state index in [1.54, 1.807) is 35.3 Å². The monoisotopic (exact) mass is 411 g/mol. The number of rotatable bonds is 5. The molecule has 0 saturated heterocycles. The van der Waals surface area contributed by atoms with Crippen molar-refractivity contribution in [3.63, 3.8) is 0 Å². The first kappa shape index (κ1) is 18.7. The minimum absolute atomic E-state index is 0.326. The van der Waals surface area contributed by atoms with Crippen LogP contribution in [-0.2, 0) is 6.54 Å². The molecule has 152 valence electrons. The summed E-state index contributed by atoms with van der Waals surface area (Å²) in [5.41, 5.74) is 9.29. The molecule has 3 N–H and O–H groups in total. The molecular weight excluding hydrogens is 393 g/mol. The highest BCUT2D eigenvalue weighted by atomic mass is 19.1. The van der Waals surface area contributed by atoms with Crippen LogP contribution in [0.15, 0.2) is 79.1 Å². The Balaban J connectivity index is 1.67. The first-order valence-corrected chi connectivity index (χ1v) is 9.70. The fraction of sp³-hybridized carbons (Fsp3) is 0.0435. The number of nitrogens with one attached hydrogen (secondary N) is 1. The number of aromatic nitrogens is 5. The zero-order valence-electron chi connectivity index (χ0n) is 16.4. The number of nitrogen functional groups attached to an aromatic ring is 1. The van der Waals surface area contributed by atoms with E-state index in [2.05, 4.69) is 25.4 Å². The van der Waals surface area contributed by atoms with Gasteiger partial charge in [0, 0.05) is 24.5 Å². The molecule has 5 rings (SSSR count). The molecule has 3 aromatic heterocycles. The third kappa shape index (κ3) is 3.55. The summed E-state index contributed by atoms with van der Waals surface area (Å²) in [6.07, 6.45) is 3.47. The Morgan fingerprint density at radius 2 is 1.74 bits per heavy atom. The molecule has 3 heterocycles. The van der Waals surface area contributed by atoms with Gasteiger partial charge in [0.05, 0.1) is 16.8 Å². The van der Waals surface area contributed by atoms with E-state index in [-0.39, 0.29) is 0 Å². The van der Waals surface area contributed by atoms with E-state index < -0.39 is 5.82 Å². The topological polar surface area (TPSA) is 94.5 Å². The number of nitrogens with zero attached hydrogens (tertiary/aromatic N) is 5. The quantitative estimate of drug-likeness (QED) is 0.450. The van der Waals surface area contributed by atoms with Crippen LogP contribution >= 0.6 is 0 Å². The number of hydrogen-bond donors (Lipinski definition) is 2. The number of fused-ring (bicyclic) bond motifs is 1. The van der Waals surface area contributed by atoms with Crippen molar-refractivity contribution in [1.29, 1.82) is 0 Å². The predicted molar refractivity (Wildman–Crippen MR) is 118 cm³/mol. The maximum absolute atomic E-state index is 14.7. The highest BCUT2D eigenvalue weighted by Crippen LogP contribution is 2.33. The Hall–Kier alpha value is -4.33. The molecule has 0 aliphatic rings. The van der Waals surface area contributed by atoms with E-state index in [0.717, 1.165) is 11.3 Å². The highest BCUT2D eigenvalue weighted by Gasteiger charge is 2.20. The van der Waals surface area contributed by atoms with E-state index >= 15 is 0 Å². The number of benzene rings is 2. The van der Waals surface area contributed by atoms with Gasteiger partial charge in [0.15, 0.2) is 5.65 Å². The SMILES string of the molecule is Nc1c2c(-c3ccccc3F)nc(NCc3cccnc3)nc2nn1-c1ccccc1. The first-order valence-electron chi connectivity index (χ1n) is 9.70. The molecule has 0 aliphatic heterocycles. The second-order valence-electron chi connectivity index (χ2n) is 6.92. The van der Waals surface area contributed by atoms with Crippen molar-refractivity contribution in [3.05, 3.63) is 90.5 Å². The summed E-state index contributed by atoms with van der Waals surface area (Å²) < 4.78 is 16.3. The van der Waals surface area contributed by atoms with Crippen LogP contribution in [0.3, 0.4) is 0 Å². The summed E-state index contributed by atoms with van der Waals surface area (Å²) in [6, 6.07) is 19.7. The number of pyridine rings is 1. The van der Waals surface area contributed by atoms with Gasteiger partial charge < -0.3 is 11.1 Å². The van der Waals surface area contributed by atoms with Crippen molar-refractivity contribution in [3.8, 4) is 16.9 Å². The van der Waals surface area contributed by atoms with Gasteiger partial charge in [-0.1, -0.05) is 36.4 Å². The predicted octanol–water partition coefficient (Wildman–Crippen LogP) is 4.21. The first-order chi connectivity index (χ1) is 15.2. The number of anilines is 2. The summed E-state index contributed by atoms with van der Waals surface area (Å²) in [6.45, 7) is 0.463. The number of hydrogen-bond acceptors (Lipinski definition) is 6. The second-order valence-corrected chi connectivity index (χ2v) is 6.92. The lowest BCUT2D eigenvalue weighted by molar-refractivity contribution is 0.631. The van der Waals surface area contributed by atoms with Gasteiger partial charge in [-0.2, -0.15) is 4.98 Å². The lowest BCUT2D eigenvalue weighted by Crippen LogP contribution is -2.05. The van der Waals surface area contributed by atoms with Crippen molar-refractivity contribution in [2.45, 2.75) is 6.54 Å². The largest absolute Gasteiger partial charge is 0.383 e. The van der Waals surface area contributed by atoms with Crippen LogP contribution in [0.4, 0.5) is 16.2 Å². The van der Waals surface area contributed by atoms with Crippen molar-refractivity contribution in [1.82, 2.24) is 24.7 Å². The smallest absolute Gasteiger partial charge is 0.225 e. The van der Waals surface area contributed by atoms with E-state index in [1.807, 2.05) is 42.5 Å². The molecule has 7 nitrogen and oxygen atoms in total. The van der Waals surface area contributed by atoms with Gasteiger partial charge in [-0.25, -0.2) is 14.1 Å². The molecule has 0 radical (unpaired) electrons. The molecule has 5 aromatic rings. The normalized spacial score (nSPS) is 11.0. The summed E-state index contributed by atoms with van der Waals surface area (Å²) in [4.78, 5) is 13.2. The third-order valence-electron chi connectivity index (χ3n) is 4.87. The van der Waals surface area contributed by atoms with Crippen molar-refractivity contribution in [2.75, 3.05) is 11.1 Å². The Bertz CT molecular complexity index is 1350. The van der Waals surface area contributed by atoms with Gasteiger partial charge in [0.1, 0.15) is 11.6 Å². The minimum atomic E-state index is -0.396. The maximum Gasteiger partial charge on any atom is 0.225 e. The highest BCUT2D eigenvalue weighted by molar-refractivity contribution is 5.99. The Labute approximate surface area is 177 Å². The van der Waals surface area contributed by atoms with Crippen LogP contribution in [0.1, 0.15) is 5.56 Å². The van der Waals surface area contributed by atoms with Gasteiger partial charge in [-0.15, -0.1) is 5.10 Å². The van der Waals surface area contributed by atoms with Crippen molar-refractivity contribution >= 4 is 22.8 Å². The standard InChI is InChI=1S/C23H18FN7/c24-18-11-5-4-10-17(18)20-19-21(25)31(16-8-2-1-3-9-16)30-22(19)29-23(28-20)27-14-15-7-6-12-26-13-15/h1-13H,14,25H2,(H,27,29,30). The minimum Gasteiger partial charge on any atom is -0.383 e. The van der Waals surface area contributed by atoms with Crippen LogP contribution in [0.5, 0.6) is 0 Å². The average Bonchev–Trinajstić information content (AvgIpc) is 3.15. The summed E-state index contributed by atoms with van der Waals surface area (Å²) in [7, 11) is 0. The summed E-state index contributed by atoms with van der Waals surface area (Å²) in [5.74, 6) is 0.276. The maximum atomic E-state index is 14.7. The lowest BCUT2D eigenvalue weighted by atomic mass is 10.1. The molecule has 0 aliphatic carbocycles. The Morgan fingerprint density at radius 1 is 0.935 bits per heavy atom. The molecule has 0 saturated carbocycles. The van der Waals surface area contributed by atoms with E-state index in [4.69, 9.17) is 5.73 Å². The van der Waals surface area contributed by atoms with Gasteiger partial charge >= 0.3 is 0 Å². The van der Waals surface area contributed by atoms with Crippen LogP contribution in [0.2, 0.25) is 0 Å². The fourth-order valence-electron chi connectivity index (χ4n) is 3.39. The summed E-state index contributed by atoms with van der Waals surface area (Å²) in [5, 5.41) is 8.26.